The van der Waals surface area contributed by atoms with E-state index in [0.29, 0.717) is 6.10 Å². The Hall–Kier alpha value is -0.120. The molecule has 18 heavy (non-hydrogen) atoms. The largest absolute Gasteiger partial charge is 0.309 e. The lowest BCUT2D eigenvalue weighted by Crippen LogP contribution is -2.25. The van der Waals surface area contributed by atoms with Crippen molar-refractivity contribution in [3.05, 3.63) is 0 Å². The lowest BCUT2D eigenvalue weighted by molar-refractivity contribution is -0.0205. The van der Waals surface area contributed by atoms with Crippen LogP contribution < -0.4 is 5.48 Å². The smallest absolute Gasteiger partial charge is 0.0762 e. The average molecular weight is 258 g/mol. The standard InChI is InChI=1S/C15H34N2O/c1-5-6-7-8-9-10-12-15(2)18-16-13-11-14-17(3)4/h15-16H,5-14H2,1-4H3. The van der Waals surface area contributed by atoms with E-state index in [1.165, 1.54) is 44.9 Å². The molecule has 0 fully saturated rings. The summed E-state index contributed by atoms with van der Waals surface area (Å²) in [4.78, 5) is 7.78. The molecule has 0 aromatic rings. The number of rotatable bonds is 13. The first kappa shape index (κ1) is 17.9. The summed E-state index contributed by atoms with van der Waals surface area (Å²) in [5, 5.41) is 0. The molecule has 0 rings (SSSR count). The maximum absolute atomic E-state index is 5.58. The minimum Gasteiger partial charge on any atom is -0.309 e. The van der Waals surface area contributed by atoms with E-state index in [9.17, 15) is 0 Å². The first-order chi connectivity index (χ1) is 8.66. The first-order valence-corrected chi connectivity index (χ1v) is 7.70. The minimum atomic E-state index is 0.343. The van der Waals surface area contributed by atoms with Crippen molar-refractivity contribution in [2.24, 2.45) is 0 Å². The van der Waals surface area contributed by atoms with Crippen molar-refractivity contribution in [2.75, 3.05) is 27.2 Å². The van der Waals surface area contributed by atoms with E-state index < -0.39 is 0 Å². The third-order valence-electron chi connectivity index (χ3n) is 3.13. The van der Waals surface area contributed by atoms with E-state index in [1.54, 1.807) is 0 Å². The van der Waals surface area contributed by atoms with Gasteiger partial charge in [-0.3, -0.25) is 4.84 Å². The predicted molar refractivity (Wildman–Crippen MR) is 79.7 cm³/mol. The quantitative estimate of drug-likeness (QED) is 0.403. The van der Waals surface area contributed by atoms with E-state index in [-0.39, 0.29) is 0 Å². The van der Waals surface area contributed by atoms with Crippen molar-refractivity contribution >= 4 is 0 Å². The fourth-order valence-corrected chi connectivity index (χ4v) is 1.94. The molecule has 0 bridgehead atoms. The van der Waals surface area contributed by atoms with Gasteiger partial charge in [0.1, 0.15) is 0 Å². The van der Waals surface area contributed by atoms with Gasteiger partial charge >= 0.3 is 0 Å². The lowest BCUT2D eigenvalue weighted by atomic mass is 10.1. The molecule has 0 saturated carbocycles. The van der Waals surface area contributed by atoms with Crippen molar-refractivity contribution in [1.82, 2.24) is 10.4 Å². The number of unbranched alkanes of at least 4 members (excludes halogenated alkanes) is 5. The Balaban J connectivity index is 3.15. The second-order valence-corrected chi connectivity index (χ2v) is 5.54. The zero-order valence-electron chi connectivity index (χ0n) is 13.0. The molecule has 0 amide bonds. The van der Waals surface area contributed by atoms with Gasteiger partial charge in [-0.05, 0) is 40.4 Å². The fraction of sp³-hybridized carbons (Fsp3) is 1.00. The molecule has 1 unspecified atom stereocenters. The van der Waals surface area contributed by atoms with Crippen molar-refractivity contribution in [3.63, 3.8) is 0 Å². The second-order valence-electron chi connectivity index (χ2n) is 5.54. The third kappa shape index (κ3) is 13.9. The van der Waals surface area contributed by atoms with Crippen LogP contribution in [0.15, 0.2) is 0 Å². The van der Waals surface area contributed by atoms with Gasteiger partial charge in [-0.2, -0.15) is 0 Å². The normalized spacial score (nSPS) is 13.2. The van der Waals surface area contributed by atoms with Crippen LogP contribution in [0.5, 0.6) is 0 Å². The highest BCUT2D eigenvalue weighted by Crippen LogP contribution is 2.09. The van der Waals surface area contributed by atoms with Gasteiger partial charge < -0.3 is 4.90 Å². The summed E-state index contributed by atoms with van der Waals surface area (Å²) in [6.07, 6.45) is 10.8. The van der Waals surface area contributed by atoms with Crippen molar-refractivity contribution < 1.29 is 4.84 Å². The molecule has 0 radical (unpaired) electrons. The van der Waals surface area contributed by atoms with Crippen LogP contribution in [-0.4, -0.2) is 38.2 Å². The van der Waals surface area contributed by atoms with E-state index in [1.807, 2.05) is 0 Å². The monoisotopic (exact) mass is 258 g/mol. The van der Waals surface area contributed by atoms with Crippen LogP contribution in [0.1, 0.15) is 65.2 Å². The van der Waals surface area contributed by atoms with Crippen LogP contribution in [0.4, 0.5) is 0 Å². The molecule has 0 aliphatic rings. The molecule has 110 valence electrons. The summed E-state index contributed by atoms with van der Waals surface area (Å²) < 4.78 is 0. The van der Waals surface area contributed by atoms with E-state index in [0.717, 1.165) is 19.5 Å². The van der Waals surface area contributed by atoms with Gasteiger partial charge in [0.2, 0.25) is 0 Å². The molecule has 0 aromatic carbocycles. The molecule has 0 aliphatic carbocycles. The van der Waals surface area contributed by atoms with Crippen LogP contribution >= 0.6 is 0 Å². The summed E-state index contributed by atoms with van der Waals surface area (Å²) in [7, 11) is 4.20. The Morgan fingerprint density at radius 3 is 2.33 bits per heavy atom. The van der Waals surface area contributed by atoms with Gasteiger partial charge in [-0.1, -0.05) is 45.4 Å². The van der Waals surface area contributed by atoms with Crippen LogP contribution in [0.25, 0.3) is 0 Å². The Bertz CT molecular complexity index is 163. The molecule has 0 heterocycles. The molecule has 3 heteroatoms. The highest BCUT2D eigenvalue weighted by atomic mass is 16.7. The zero-order chi connectivity index (χ0) is 13.6. The molecular formula is C15H34N2O. The molecule has 3 nitrogen and oxygen atoms in total. The predicted octanol–water partition coefficient (Wildman–Crippen LogP) is 3.60. The molecular weight excluding hydrogens is 224 g/mol. The van der Waals surface area contributed by atoms with E-state index >= 15 is 0 Å². The topological polar surface area (TPSA) is 24.5 Å². The minimum absolute atomic E-state index is 0.343. The number of hydrogen-bond donors (Lipinski definition) is 1. The molecule has 0 saturated heterocycles. The van der Waals surface area contributed by atoms with Crippen molar-refractivity contribution in [1.29, 1.82) is 0 Å². The van der Waals surface area contributed by atoms with Gasteiger partial charge in [-0.15, -0.1) is 0 Å². The van der Waals surface area contributed by atoms with Crippen molar-refractivity contribution in [3.8, 4) is 0 Å². The molecule has 1 N–H and O–H groups in total. The van der Waals surface area contributed by atoms with Gasteiger partial charge in [0.25, 0.3) is 0 Å². The summed E-state index contributed by atoms with van der Waals surface area (Å²) in [6, 6.07) is 0. The fourth-order valence-electron chi connectivity index (χ4n) is 1.94. The van der Waals surface area contributed by atoms with Gasteiger partial charge in [0.05, 0.1) is 6.10 Å². The molecule has 1 atom stereocenters. The molecule has 0 aliphatic heterocycles. The summed E-state index contributed by atoms with van der Waals surface area (Å²) in [5.74, 6) is 0. The Kier molecular flexibility index (Phi) is 13.2. The lowest BCUT2D eigenvalue weighted by Gasteiger charge is -2.14. The van der Waals surface area contributed by atoms with Crippen LogP contribution in [-0.2, 0) is 4.84 Å². The van der Waals surface area contributed by atoms with Crippen LogP contribution in [0.2, 0.25) is 0 Å². The second kappa shape index (κ2) is 13.3. The summed E-state index contributed by atoms with van der Waals surface area (Å²) in [5.41, 5.74) is 3.08. The SMILES string of the molecule is CCCCCCCCC(C)ONCCCN(C)C. The van der Waals surface area contributed by atoms with Gasteiger partial charge in [0, 0.05) is 6.54 Å². The number of nitrogens with one attached hydrogen (secondary N) is 1. The third-order valence-corrected chi connectivity index (χ3v) is 3.13. The Morgan fingerprint density at radius 2 is 1.67 bits per heavy atom. The molecule has 0 aromatic heterocycles. The van der Waals surface area contributed by atoms with Crippen molar-refractivity contribution in [2.45, 2.75) is 71.3 Å². The van der Waals surface area contributed by atoms with Crippen LogP contribution in [0, 0.1) is 0 Å². The zero-order valence-corrected chi connectivity index (χ0v) is 13.0. The number of nitrogens with zero attached hydrogens (tertiary/aromatic N) is 1. The highest BCUT2D eigenvalue weighted by molar-refractivity contribution is 4.52. The van der Waals surface area contributed by atoms with Crippen LogP contribution in [0.3, 0.4) is 0 Å². The highest BCUT2D eigenvalue weighted by Gasteiger charge is 2.01. The Labute approximate surface area is 114 Å². The van der Waals surface area contributed by atoms with Gasteiger partial charge in [-0.25, -0.2) is 5.48 Å². The maximum Gasteiger partial charge on any atom is 0.0762 e. The molecule has 0 spiro atoms. The number of hydrogen-bond acceptors (Lipinski definition) is 3. The van der Waals surface area contributed by atoms with E-state index in [2.05, 4.69) is 38.3 Å². The maximum atomic E-state index is 5.58. The Morgan fingerprint density at radius 1 is 1.00 bits per heavy atom. The van der Waals surface area contributed by atoms with E-state index in [4.69, 9.17) is 4.84 Å². The summed E-state index contributed by atoms with van der Waals surface area (Å²) >= 11 is 0. The first-order valence-electron chi connectivity index (χ1n) is 7.70. The van der Waals surface area contributed by atoms with Gasteiger partial charge in [0.15, 0.2) is 0 Å². The summed E-state index contributed by atoms with van der Waals surface area (Å²) in [6.45, 7) is 6.48. The average Bonchev–Trinajstić information content (AvgIpc) is 2.33. The number of hydroxylamine groups is 1.